The molecule has 0 aromatic heterocycles. The first-order valence-electron chi connectivity index (χ1n) is 6.81. The van der Waals surface area contributed by atoms with Crippen molar-refractivity contribution in [2.75, 3.05) is 13.1 Å². The minimum Gasteiger partial charge on any atom is -0.389 e. The molecule has 3 nitrogen and oxygen atoms in total. The Labute approximate surface area is 121 Å². The zero-order chi connectivity index (χ0) is 14.4. The van der Waals surface area contributed by atoms with Crippen LogP contribution in [0.4, 0.5) is 0 Å². The zero-order valence-electron chi connectivity index (χ0n) is 12.0. The number of benzene rings is 1. The summed E-state index contributed by atoms with van der Waals surface area (Å²) in [7, 11) is 0. The topological polar surface area (TPSA) is 49.5 Å². The molecule has 3 N–H and O–H groups in total. The predicted molar refractivity (Wildman–Crippen MR) is 84.3 cm³/mol. The van der Waals surface area contributed by atoms with E-state index in [4.69, 9.17) is 18.0 Å². The Bertz CT molecular complexity index is 405. The van der Waals surface area contributed by atoms with Crippen LogP contribution in [0.15, 0.2) is 24.3 Å². The lowest BCUT2D eigenvalue weighted by Crippen LogP contribution is -2.35. The fraction of sp³-hybridized carbons (Fsp3) is 0.533. The van der Waals surface area contributed by atoms with Gasteiger partial charge in [0.1, 0.15) is 4.99 Å². The lowest BCUT2D eigenvalue weighted by Gasteiger charge is -2.29. The molecule has 0 aliphatic rings. The van der Waals surface area contributed by atoms with E-state index in [0.717, 1.165) is 24.1 Å². The summed E-state index contributed by atoms with van der Waals surface area (Å²) in [6, 6.07) is 7.99. The molecule has 1 aromatic carbocycles. The van der Waals surface area contributed by atoms with Crippen LogP contribution in [-0.4, -0.2) is 34.1 Å². The summed E-state index contributed by atoms with van der Waals surface area (Å²) >= 11 is 4.92. The van der Waals surface area contributed by atoms with E-state index in [1.165, 1.54) is 0 Å². The van der Waals surface area contributed by atoms with Crippen molar-refractivity contribution in [3.8, 4) is 0 Å². The summed E-state index contributed by atoms with van der Waals surface area (Å²) in [5, 5.41) is 10.3. The van der Waals surface area contributed by atoms with Crippen LogP contribution in [0.3, 0.4) is 0 Å². The quantitative estimate of drug-likeness (QED) is 0.753. The third kappa shape index (κ3) is 4.56. The van der Waals surface area contributed by atoms with E-state index in [2.05, 4.69) is 25.7 Å². The number of aliphatic hydroxyl groups excluding tert-OH is 1. The molecule has 4 heteroatoms. The molecule has 0 bridgehead atoms. The smallest absolute Gasteiger partial charge is 0.103 e. The van der Waals surface area contributed by atoms with E-state index in [1.807, 2.05) is 24.3 Å². The molecule has 2 atom stereocenters. The lowest BCUT2D eigenvalue weighted by molar-refractivity contribution is 0.0935. The van der Waals surface area contributed by atoms with Gasteiger partial charge >= 0.3 is 0 Å². The molecule has 0 spiro atoms. The van der Waals surface area contributed by atoms with E-state index in [9.17, 15) is 5.11 Å². The number of hydrogen-bond donors (Lipinski definition) is 2. The second-order valence-electron chi connectivity index (χ2n) is 4.85. The van der Waals surface area contributed by atoms with Gasteiger partial charge in [0.15, 0.2) is 0 Å². The molecule has 0 aliphatic heterocycles. The van der Waals surface area contributed by atoms with Crippen molar-refractivity contribution in [1.82, 2.24) is 4.90 Å². The van der Waals surface area contributed by atoms with Crippen molar-refractivity contribution in [3.05, 3.63) is 35.4 Å². The lowest BCUT2D eigenvalue weighted by atomic mass is 10.1. The Kier molecular flexibility index (Phi) is 6.42. The number of rotatable bonds is 7. The highest BCUT2D eigenvalue weighted by Gasteiger charge is 2.16. The Hall–Kier alpha value is -0.970. The van der Waals surface area contributed by atoms with Gasteiger partial charge in [-0.3, -0.25) is 4.90 Å². The van der Waals surface area contributed by atoms with Gasteiger partial charge in [0, 0.05) is 18.2 Å². The predicted octanol–water partition coefficient (Wildman–Crippen LogP) is 2.47. The van der Waals surface area contributed by atoms with Crippen molar-refractivity contribution in [1.29, 1.82) is 0 Å². The first-order chi connectivity index (χ1) is 8.99. The van der Waals surface area contributed by atoms with Crippen molar-refractivity contribution < 1.29 is 5.11 Å². The van der Waals surface area contributed by atoms with Crippen LogP contribution >= 0.6 is 12.2 Å². The van der Waals surface area contributed by atoms with Crippen LogP contribution in [0.5, 0.6) is 0 Å². The van der Waals surface area contributed by atoms with Gasteiger partial charge < -0.3 is 10.8 Å². The molecule has 0 fully saturated rings. The van der Waals surface area contributed by atoms with Gasteiger partial charge in [-0.15, -0.1) is 0 Å². The van der Waals surface area contributed by atoms with Gasteiger partial charge in [0.2, 0.25) is 0 Å². The monoisotopic (exact) mass is 280 g/mol. The number of thiocarbonyl (C=S) groups is 1. The molecular weight excluding hydrogens is 256 g/mol. The fourth-order valence-electron chi connectivity index (χ4n) is 2.08. The van der Waals surface area contributed by atoms with E-state index >= 15 is 0 Å². The molecule has 0 amide bonds. The van der Waals surface area contributed by atoms with Crippen molar-refractivity contribution in [3.63, 3.8) is 0 Å². The van der Waals surface area contributed by atoms with Crippen LogP contribution in [0, 0.1) is 0 Å². The summed E-state index contributed by atoms with van der Waals surface area (Å²) in [5.74, 6) is 0. The Morgan fingerprint density at radius 2 is 1.89 bits per heavy atom. The highest BCUT2D eigenvalue weighted by molar-refractivity contribution is 7.80. The number of likely N-dealkylation sites (N-methyl/N-ethyl adjacent to an activating group) is 1. The maximum absolute atomic E-state index is 10.3. The molecule has 0 radical (unpaired) electrons. The summed E-state index contributed by atoms with van der Waals surface area (Å²) in [6.07, 6.45) is 0.607. The minimum absolute atomic E-state index is 0.385. The average Bonchev–Trinajstić information content (AvgIpc) is 2.43. The van der Waals surface area contributed by atoms with Crippen molar-refractivity contribution in [2.24, 2.45) is 5.73 Å². The number of hydrogen-bond acceptors (Lipinski definition) is 3. The number of nitrogens with zero attached hydrogens (tertiary/aromatic N) is 1. The normalized spacial score (nSPS) is 14.4. The summed E-state index contributed by atoms with van der Waals surface area (Å²) in [6.45, 7) is 8.06. The second-order valence-corrected chi connectivity index (χ2v) is 5.29. The Balaban J connectivity index is 2.71. The van der Waals surface area contributed by atoms with Crippen molar-refractivity contribution >= 4 is 17.2 Å². The summed E-state index contributed by atoms with van der Waals surface area (Å²) in [4.78, 5) is 2.67. The maximum Gasteiger partial charge on any atom is 0.103 e. The molecule has 106 valence electrons. The first kappa shape index (κ1) is 16.1. The van der Waals surface area contributed by atoms with Gasteiger partial charge in [0.05, 0.1) is 6.10 Å². The van der Waals surface area contributed by atoms with Gasteiger partial charge in [-0.2, -0.15) is 0 Å². The molecule has 0 saturated heterocycles. The van der Waals surface area contributed by atoms with E-state index in [0.29, 0.717) is 17.6 Å². The Morgan fingerprint density at radius 1 is 1.32 bits per heavy atom. The van der Waals surface area contributed by atoms with Gasteiger partial charge in [-0.25, -0.2) is 0 Å². The third-order valence-corrected chi connectivity index (χ3v) is 3.84. The maximum atomic E-state index is 10.3. The molecule has 2 unspecified atom stereocenters. The molecule has 0 saturated carbocycles. The van der Waals surface area contributed by atoms with E-state index in [1.54, 1.807) is 0 Å². The first-order valence-corrected chi connectivity index (χ1v) is 7.22. The molecule has 1 rings (SSSR count). The minimum atomic E-state index is -0.477. The van der Waals surface area contributed by atoms with Gasteiger partial charge in [-0.1, -0.05) is 50.3 Å². The third-order valence-electron chi connectivity index (χ3n) is 3.61. The van der Waals surface area contributed by atoms with E-state index in [-0.39, 0.29) is 0 Å². The molecule has 1 aromatic rings. The Morgan fingerprint density at radius 3 is 2.32 bits per heavy atom. The fourth-order valence-corrected chi connectivity index (χ4v) is 2.21. The standard InChI is InChI=1S/C15H24N2OS/c1-4-11(3)17(5-2)10-14(18)12-6-8-13(9-7-12)15(16)19/h6-9,11,14,18H,4-5,10H2,1-3H3,(H2,16,19). The summed E-state index contributed by atoms with van der Waals surface area (Å²) < 4.78 is 0. The van der Waals surface area contributed by atoms with Gasteiger partial charge in [-0.05, 0) is 25.5 Å². The van der Waals surface area contributed by atoms with Crippen LogP contribution < -0.4 is 5.73 Å². The highest BCUT2D eigenvalue weighted by atomic mass is 32.1. The highest BCUT2D eigenvalue weighted by Crippen LogP contribution is 2.17. The van der Waals surface area contributed by atoms with Crippen LogP contribution in [0.25, 0.3) is 0 Å². The second kappa shape index (κ2) is 7.58. The van der Waals surface area contributed by atoms with Crippen LogP contribution in [0.1, 0.15) is 44.4 Å². The molecule has 0 aliphatic carbocycles. The number of aliphatic hydroxyl groups is 1. The van der Waals surface area contributed by atoms with Crippen molar-refractivity contribution in [2.45, 2.75) is 39.3 Å². The summed E-state index contributed by atoms with van der Waals surface area (Å²) in [5.41, 5.74) is 7.30. The van der Waals surface area contributed by atoms with E-state index < -0.39 is 6.10 Å². The van der Waals surface area contributed by atoms with Crippen LogP contribution in [-0.2, 0) is 0 Å². The molecular formula is C15H24N2OS. The number of nitrogens with two attached hydrogens (primary N) is 1. The average molecular weight is 280 g/mol. The van der Waals surface area contributed by atoms with Gasteiger partial charge in [0.25, 0.3) is 0 Å². The SMILES string of the molecule is CCC(C)N(CC)CC(O)c1ccc(C(N)=S)cc1. The van der Waals surface area contributed by atoms with Crippen LogP contribution in [0.2, 0.25) is 0 Å². The molecule has 0 heterocycles. The molecule has 19 heavy (non-hydrogen) atoms. The zero-order valence-corrected chi connectivity index (χ0v) is 12.8. The largest absolute Gasteiger partial charge is 0.389 e.